The Kier molecular flexibility index (Phi) is 6.58. The summed E-state index contributed by atoms with van der Waals surface area (Å²) < 4.78 is 2.26. The van der Waals surface area contributed by atoms with Gasteiger partial charge < -0.3 is 4.57 Å². The Morgan fingerprint density at radius 1 is 0.321 bits per heavy atom. The number of fused-ring (bicyclic) bond motifs is 4. The third kappa shape index (κ3) is 4.41. The molecule has 0 amide bonds. The van der Waals surface area contributed by atoms with Crippen LogP contribution in [0.2, 0.25) is 0 Å². The van der Waals surface area contributed by atoms with Crippen LogP contribution in [0.3, 0.4) is 0 Å². The number of aromatic nitrogens is 2. The molecule has 11 aromatic carbocycles. The molecule has 260 valence electrons. The SMILES string of the molecule is Cn1c(-c2cc(-c3cccc4ccccc34)c3ccc4c(-c5cccc6ccccc56)cc(-c5cccc6ccccc56)c5ccc2c3c45)nc2ccccc21. The maximum atomic E-state index is 5.32. The quantitative estimate of drug-likeness (QED) is 0.166. The Labute approximate surface area is 323 Å². The second-order valence-electron chi connectivity index (χ2n) is 15.1. The molecule has 56 heavy (non-hydrogen) atoms. The number of para-hydroxylation sites is 2. The van der Waals surface area contributed by atoms with E-state index in [1.54, 1.807) is 0 Å². The van der Waals surface area contributed by atoms with Crippen molar-refractivity contribution in [1.82, 2.24) is 9.55 Å². The molecule has 0 saturated heterocycles. The molecular weight excluding hydrogens is 677 g/mol. The number of hydrogen-bond acceptors (Lipinski definition) is 1. The Hall–Kier alpha value is -7.29. The number of aryl methyl sites for hydroxylation is 1. The molecule has 1 heterocycles. The monoisotopic (exact) mass is 710 g/mol. The van der Waals surface area contributed by atoms with Crippen LogP contribution in [0, 0.1) is 0 Å². The molecule has 0 spiro atoms. The van der Waals surface area contributed by atoms with Crippen molar-refractivity contribution in [3.05, 3.63) is 188 Å². The van der Waals surface area contributed by atoms with Crippen molar-refractivity contribution in [3.8, 4) is 44.8 Å². The van der Waals surface area contributed by atoms with Gasteiger partial charge in [-0.2, -0.15) is 0 Å². The van der Waals surface area contributed by atoms with Crippen molar-refractivity contribution in [1.29, 1.82) is 0 Å². The largest absolute Gasteiger partial charge is 0.327 e. The molecule has 0 saturated carbocycles. The van der Waals surface area contributed by atoms with Gasteiger partial charge in [0.15, 0.2) is 0 Å². The van der Waals surface area contributed by atoms with Gasteiger partial charge in [0.05, 0.1) is 11.0 Å². The molecule has 0 atom stereocenters. The van der Waals surface area contributed by atoms with Gasteiger partial charge in [0.2, 0.25) is 0 Å². The second kappa shape index (κ2) is 11.9. The van der Waals surface area contributed by atoms with E-state index < -0.39 is 0 Å². The molecule has 0 N–H and O–H groups in total. The molecular formula is C54H34N2. The molecule has 0 unspecified atom stereocenters. The minimum Gasteiger partial charge on any atom is -0.327 e. The van der Waals surface area contributed by atoms with Crippen LogP contribution in [0.5, 0.6) is 0 Å². The van der Waals surface area contributed by atoms with Crippen LogP contribution in [-0.4, -0.2) is 9.55 Å². The zero-order chi connectivity index (χ0) is 36.9. The van der Waals surface area contributed by atoms with Crippen LogP contribution in [0.25, 0.3) is 120 Å². The van der Waals surface area contributed by atoms with Crippen molar-refractivity contribution in [2.45, 2.75) is 0 Å². The van der Waals surface area contributed by atoms with Crippen molar-refractivity contribution >= 4 is 75.7 Å². The van der Waals surface area contributed by atoms with Crippen LogP contribution in [-0.2, 0) is 7.05 Å². The summed E-state index contributed by atoms with van der Waals surface area (Å²) in [7, 11) is 2.15. The smallest absolute Gasteiger partial charge is 0.141 e. The molecule has 0 aliphatic heterocycles. The third-order valence-electron chi connectivity index (χ3n) is 12.2. The number of benzene rings is 11. The summed E-state index contributed by atoms with van der Waals surface area (Å²) in [6, 6.07) is 69.3. The summed E-state index contributed by atoms with van der Waals surface area (Å²) in [6.45, 7) is 0. The van der Waals surface area contributed by atoms with E-state index in [4.69, 9.17) is 4.98 Å². The van der Waals surface area contributed by atoms with Crippen molar-refractivity contribution in [2.75, 3.05) is 0 Å². The fraction of sp³-hybridized carbons (Fsp3) is 0.0185. The Morgan fingerprint density at radius 2 is 0.696 bits per heavy atom. The molecule has 12 aromatic rings. The Bertz CT molecular complexity index is 3440. The van der Waals surface area contributed by atoms with Gasteiger partial charge in [-0.3, -0.25) is 0 Å². The topological polar surface area (TPSA) is 17.8 Å². The molecule has 0 aliphatic rings. The second-order valence-corrected chi connectivity index (χ2v) is 15.1. The standard InChI is InChI=1S/C54H34N2/c1-56-51-26-9-8-25-50(51)55-54(56)49-32-48(41-24-12-18-35-15-4-7-21-38(35)41)44-28-27-42-46(39-22-10-16-33-13-2-5-19-36(33)39)31-47(43-29-30-45(49)53(44)52(42)43)40-23-11-17-34-14-3-6-20-37(34)40/h2-32H,1H3. The molecule has 12 rings (SSSR count). The fourth-order valence-corrected chi connectivity index (χ4v) is 9.61. The number of hydrogen-bond donors (Lipinski definition) is 0. The molecule has 1 aromatic heterocycles. The summed E-state index contributed by atoms with van der Waals surface area (Å²) in [5, 5.41) is 15.0. The van der Waals surface area contributed by atoms with E-state index in [1.165, 1.54) is 98.0 Å². The van der Waals surface area contributed by atoms with E-state index in [-0.39, 0.29) is 0 Å². The predicted molar refractivity (Wildman–Crippen MR) is 239 cm³/mol. The lowest BCUT2D eigenvalue weighted by Crippen LogP contribution is -1.98. The highest BCUT2D eigenvalue weighted by Crippen LogP contribution is 2.50. The molecule has 0 radical (unpaired) electrons. The van der Waals surface area contributed by atoms with Gasteiger partial charge in [0, 0.05) is 12.6 Å². The van der Waals surface area contributed by atoms with Crippen LogP contribution in [0.4, 0.5) is 0 Å². The predicted octanol–water partition coefficient (Wildman–Crippen LogP) is 14.6. The molecule has 0 aliphatic carbocycles. The van der Waals surface area contributed by atoms with Crippen LogP contribution >= 0.6 is 0 Å². The van der Waals surface area contributed by atoms with Crippen LogP contribution in [0.1, 0.15) is 0 Å². The van der Waals surface area contributed by atoms with Gasteiger partial charge in [-0.25, -0.2) is 4.98 Å². The fourth-order valence-electron chi connectivity index (χ4n) is 9.61. The van der Waals surface area contributed by atoms with E-state index in [0.717, 1.165) is 22.4 Å². The molecule has 2 heteroatoms. The highest BCUT2D eigenvalue weighted by atomic mass is 15.1. The first-order valence-corrected chi connectivity index (χ1v) is 19.4. The van der Waals surface area contributed by atoms with Gasteiger partial charge in [-0.15, -0.1) is 0 Å². The van der Waals surface area contributed by atoms with E-state index in [1.807, 2.05) is 0 Å². The summed E-state index contributed by atoms with van der Waals surface area (Å²) in [5.74, 6) is 0.967. The van der Waals surface area contributed by atoms with Crippen LogP contribution < -0.4 is 0 Å². The first-order valence-electron chi connectivity index (χ1n) is 19.4. The molecule has 0 bridgehead atoms. The zero-order valence-corrected chi connectivity index (χ0v) is 30.8. The average molecular weight is 711 g/mol. The van der Waals surface area contributed by atoms with Gasteiger partial charge in [0.1, 0.15) is 5.82 Å². The maximum Gasteiger partial charge on any atom is 0.141 e. The van der Waals surface area contributed by atoms with E-state index in [0.29, 0.717) is 0 Å². The van der Waals surface area contributed by atoms with Gasteiger partial charge in [-0.05, 0) is 122 Å². The lowest BCUT2D eigenvalue weighted by molar-refractivity contribution is 0.961. The van der Waals surface area contributed by atoms with Gasteiger partial charge in [0.25, 0.3) is 0 Å². The van der Waals surface area contributed by atoms with Crippen molar-refractivity contribution in [3.63, 3.8) is 0 Å². The summed E-state index contributed by atoms with van der Waals surface area (Å²) >= 11 is 0. The number of rotatable bonds is 4. The lowest BCUT2D eigenvalue weighted by atomic mass is 9.81. The minimum atomic E-state index is 0.967. The highest BCUT2D eigenvalue weighted by molar-refractivity contribution is 6.33. The van der Waals surface area contributed by atoms with Crippen molar-refractivity contribution < 1.29 is 0 Å². The Morgan fingerprint density at radius 3 is 1.16 bits per heavy atom. The first kappa shape index (κ1) is 31.1. The lowest BCUT2D eigenvalue weighted by Gasteiger charge is -2.22. The first-order chi connectivity index (χ1) is 27.7. The number of nitrogens with zero attached hydrogens (tertiary/aromatic N) is 2. The summed E-state index contributed by atoms with van der Waals surface area (Å²) in [4.78, 5) is 5.32. The van der Waals surface area contributed by atoms with E-state index in [9.17, 15) is 0 Å². The summed E-state index contributed by atoms with van der Waals surface area (Å²) in [5.41, 5.74) is 10.7. The van der Waals surface area contributed by atoms with E-state index in [2.05, 4.69) is 200 Å². The third-order valence-corrected chi connectivity index (χ3v) is 12.2. The van der Waals surface area contributed by atoms with Crippen molar-refractivity contribution in [2.24, 2.45) is 7.05 Å². The highest BCUT2D eigenvalue weighted by Gasteiger charge is 2.24. The maximum absolute atomic E-state index is 5.32. The molecule has 2 nitrogen and oxygen atoms in total. The minimum absolute atomic E-state index is 0.967. The van der Waals surface area contributed by atoms with Gasteiger partial charge >= 0.3 is 0 Å². The van der Waals surface area contributed by atoms with E-state index >= 15 is 0 Å². The summed E-state index contributed by atoms with van der Waals surface area (Å²) in [6.07, 6.45) is 0. The molecule has 0 fully saturated rings. The average Bonchev–Trinajstić information content (AvgIpc) is 3.60. The van der Waals surface area contributed by atoms with Crippen LogP contribution in [0.15, 0.2) is 188 Å². The van der Waals surface area contributed by atoms with Gasteiger partial charge in [-0.1, -0.05) is 164 Å². The Balaban J connectivity index is 1.30. The normalized spacial score (nSPS) is 12.0. The zero-order valence-electron chi connectivity index (χ0n) is 30.8. The number of imidazole rings is 1.